The molecule has 0 atom stereocenters. The molecule has 21 heavy (non-hydrogen) atoms. The average molecular weight is 368 g/mol. The van der Waals surface area contributed by atoms with Crippen molar-refractivity contribution in [3.05, 3.63) is 50.8 Å². The summed E-state index contributed by atoms with van der Waals surface area (Å²) in [7, 11) is 0. The van der Waals surface area contributed by atoms with Gasteiger partial charge in [-0.05, 0) is 53.4 Å². The van der Waals surface area contributed by atoms with Crippen LogP contribution in [-0.2, 0) is 4.74 Å². The van der Waals surface area contributed by atoms with Gasteiger partial charge in [0.2, 0.25) is 0 Å². The van der Waals surface area contributed by atoms with E-state index in [9.17, 15) is 9.59 Å². The van der Waals surface area contributed by atoms with Crippen LogP contribution in [0, 0.1) is 6.92 Å². The quantitative estimate of drug-likeness (QED) is 0.821. The first-order chi connectivity index (χ1) is 10.0. The van der Waals surface area contributed by atoms with E-state index in [-0.39, 0.29) is 5.91 Å². The third-order valence-electron chi connectivity index (χ3n) is 2.75. The second kappa shape index (κ2) is 6.87. The standard InChI is InChI=1S/C15H14BrNO3S/c1-3-20-15(19)10-6-7-21-14(10)17-13(18)11-8-9(2)4-5-12(11)16/h4-8H,3H2,1-2H3,(H,17,18). The highest BCUT2D eigenvalue weighted by Crippen LogP contribution is 2.26. The third-order valence-corrected chi connectivity index (χ3v) is 4.28. The van der Waals surface area contributed by atoms with Crippen LogP contribution in [-0.4, -0.2) is 18.5 Å². The van der Waals surface area contributed by atoms with Crippen molar-refractivity contribution in [1.82, 2.24) is 0 Å². The number of hydrogen-bond donors (Lipinski definition) is 1. The Labute approximate surface area is 135 Å². The maximum Gasteiger partial charge on any atom is 0.341 e. The lowest BCUT2D eigenvalue weighted by atomic mass is 10.1. The monoisotopic (exact) mass is 367 g/mol. The van der Waals surface area contributed by atoms with Crippen LogP contribution >= 0.6 is 27.3 Å². The van der Waals surface area contributed by atoms with Crippen molar-refractivity contribution in [1.29, 1.82) is 0 Å². The van der Waals surface area contributed by atoms with Crippen molar-refractivity contribution in [2.45, 2.75) is 13.8 Å². The first kappa shape index (κ1) is 15.7. The molecule has 2 aromatic rings. The third kappa shape index (κ3) is 3.71. The number of carbonyl (C=O) groups is 2. The van der Waals surface area contributed by atoms with Crippen LogP contribution in [0.5, 0.6) is 0 Å². The largest absolute Gasteiger partial charge is 0.462 e. The fourth-order valence-corrected chi connectivity index (χ4v) is 2.96. The summed E-state index contributed by atoms with van der Waals surface area (Å²) in [6, 6.07) is 7.17. The van der Waals surface area contributed by atoms with E-state index < -0.39 is 5.97 Å². The zero-order valence-electron chi connectivity index (χ0n) is 11.6. The Morgan fingerprint density at radius 2 is 2.05 bits per heavy atom. The molecular formula is C15H14BrNO3S. The molecule has 0 unspecified atom stereocenters. The second-order valence-electron chi connectivity index (χ2n) is 4.32. The molecule has 1 N–H and O–H groups in total. The molecule has 6 heteroatoms. The predicted octanol–water partition coefficient (Wildman–Crippen LogP) is 4.25. The van der Waals surface area contributed by atoms with Crippen LogP contribution in [0.4, 0.5) is 5.00 Å². The van der Waals surface area contributed by atoms with Crippen LogP contribution in [0.1, 0.15) is 33.2 Å². The van der Waals surface area contributed by atoms with Crippen molar-refractivity contribution in [2.75, 3.05) is 11.9 Å². The van der Waals surface area contributed by atoms with Crippen molar-refractivity contribution >= 4 is 44.1 Å². The van der Waals surface area contributed by atoms with E-state index in [0.717, 1.165) is 5.56 Å². The molecule has 1 amide bonds. The molecule has 0 aliphatic rings. The van der Waals surface area contributed by atoms with Gasteiger partial charge in [0.15, 0.2) is 0 Å². The van der Waals surface area contributed by atoms with Gasteiger partial charge in [0.25, 0.3) is 5.91 Å². The van der Waals surface area contributed by atoms with Gasteiger partial charge in [0, 0.05) is 4.47 Å². The molecule has 0 fully saturated rings. The van der Waals surface area contributed by atoms with E-state index in [1.807, 2.05) is 19.1 Å². The van der Waals surface area contributed by atoms with E-state index in [1.54, 1.807) is 24.4 Å². The fraction of sp³-hybridized carbons (Fsp3) is 0.200. The van der Waals surface area contributed by atoms with E-state index in [2.05, 4.69) is 21.2 Å². The summed E-state index contributed by atoms with van der Waals surface area (Å²) in [5.41, 5.74) is 1.89. The average Bonchev–Trinajstić information content (AvgIpc) is 2.90. The topological polar surface area (TPSA) is 55.4 Å². The zero-order chi connectivity index (χ0) is 15.4. The Bertz CT molecular complexity index is 681. The summed E-state index contributed by atoms with van der Waals surface area (Å²) in [6.07, 6.45) is 0. The molecule has 4 nitrogen and oxygen atoms in total. The lowest BCUT2D eigenvalue weighted by Crippen LogP contribution is -2.15. The highest BCUT2D eigenvalue weighted by Gasteiger charge is 2.18. The summed E-state index contributed by atoms with van der Waals surface area (Å²) >= 11 is 4.65. The molecule has 2 rings (SSSR count). The summed E-state index contributed by atoms with van der Waals surface area (Å²) in [6.45, 7) is 3.95. The number of halogens is 1. The van der Waals surface area contributed by atoms with Crippen LogP contribution in [0.3, 0.4) is 0 Å². The number of carbonyl (C=O) groups excluding carboxylic acids is 2. The molecule has 1 aromatic heterocycles. The smallest absolute Gasteiger partial charge is 0.341 e. The normalized spacial score (nSPS) is 10.2. The lowest BCUT2D eigenvalue weighted by molar-refractivity contribution is 0.0528. The van der Waals surface area contributed by atoms with Gasteiger partial charge in [-0.2, -0.15) is 0 Å². The van der Waals surface area contributed by atoms with Gasteiger partial charge in [-0.25, -0.2) is 4.79 Å². The molecule has 0 bridgehead atoms. The number of benzene rings is 1. The summed E-state index contributed by atoms with van der Waals surface area (Å²) in [5.74, 6) is -0.698. The molecule has 1 heterocycles. The Hall–Kier alpha value is -1.66. The van der Waals surface area contributed by atoms with Gasteiger partial charge in [-0.1, -0.05) is 11.6 Å². The number of nitrogens with one attached hydrogen (secondary N) is 1. The first-order valence-corrected chi connectivity index (χ1v) is 8.02. The highest BCUT2D eigenvalue weighted by atomic mass is 79.9. The first-order valence-electron chi connectivity index (χ1n) is 6.35. The van der Waals surface area contributed by atoms with Gasteiger partial charge in [-0.15, -0.1) is 11.3 Å². The van der Waals surface area contributed by atoms with Crippen molar-refractivity contribution < 1.29 is 14.3 Å². The molecule has 110 valence electrons. The maximum atomic E-state index is 12.3. The molecule has 0 saturated heterocycles. The minimum Gasteiger partial charge on any atom is -0.462 e. The number of aryl methyl sites for hydroxylation is 1. The van der Waals surface area contributed by atoms with E-state index >= 15 is 0 Å². The van der Waals surface area contributed by atoms with Crippen LogP contribution in [0.2, 0.25) is 0 Å². The van der Waals surface area contributed by atoms with Gasteiger partial charge in [-0.3, -0.25) is 4.79 Å². The number of anilines is 1. The molecular weight excluding hydrogens is 354 g/mol. The number of hydrogen-bond acceptors (Lipinski definition) is 4. The summed E-state index contributed by atoms with van der Waals surface area (Å²) in [5, 5.41) is 5.00. The number of esters is 1. The van der Waals surface area contributed by atoms with Crippen LogP contribution < -0.4 is 5.32 Å². The Morgan fingerprint density at radius 1 is 1.29 bits per heavy atom. The van der Waals surface area contributed by atoms with Gasteiger partial charge in [0.1, 0.15) is 5.00 Å². The van der Waals surface area contributed by atoms with Crippen LogP contribution in [0.25, 0.3) is 0 Å². The van der Waals surface area contributed by atoms with Crippen molar-refractivity contribution in [3.8, 4) is 0 Å². The zero-order valence-corrected chi connectivity index (χ0v) is 14.0. The minimum absolute atomic E-state index is 0.265. The second-order valence-corrected chi connectivity index (χ2v) is 6.09. The minimum atomic E-state index is -0.433. The Kier molecular flexibility index (Phi) is 5.14. The fourth-order valence-electron chi connectivity index (χ4n) is 1.76. The van der Waals surface area contributed by atoms with Crippen LogP contribution in [0.15, 0.2) is 34.1 Å². The molecule has 0 aliphatic carbocycles. The lowest BCUT2D eigenvalue weighted by Gasteiger charge is -2.08. The number of rotatable bonds is 4. The molecule has 0 spiro atoms. The summed E-state index contributed by atoms with van der Waals surface area (Å²) < 4.78 is 5.67. The van der Waals surface area contributed by atoms with E-state index in [4.69, 9.17) is 4.74 Å². The number of ether oxygens (including phenoxy) is 1. The molecule has 0 radical (unpaired) electrons. The predicted molar refractivity (Wildman–Crippen MR) is 87.1 cm³/mol. The summed E-state index contributed by atoms with van der Waals surface area (Å²) in [4.78, 5) is 24.1. The van der Waals surface area contributed by atoms with Crippen molar-refractivity contribution in [2.24, 2.45) is 0 Å². The molecule has 0 saturated carbocycles. The van der Waals surface area contributed by atoms with Gasteiger partial charge in [0.05, 0.1) is 17.7 Å². The van der Waals surface area contributed by atoms with E-state index in [1.165, 1.54) is 11.3 Å². The number of thiophene rings is 1. The Morgan fingerprint density at radius 3 is 2.76 bits per heavy atom. The van der Waals surface area contributed by atoms with Crippen molar-refractivity contribution in [3.63, 3.8) is 0 Å². The van der Waals surface area contributed by atoms with Gasteiger partial charge < -0.3 is 10.1 Å². The SMILES string of the molecule is CCOC(=O)c1ccsc1NC(=O)c1cc(C)ccc1Br. The Balaban J connectivity index is 2.22. The maximum absolute atomic E-state index is 12.3. The number of amides is 1. The molecule has 1 aromatic carbocycles. The van der Waals surface area contributed by atoms with E-state index in [0.29, 0.717) is 27.2 Å². The van der Waals surface area contributed by atoms with Gasteiger partial charge >= 0.3 is 5.97 Å². The highest BCUT2D eigenvalue weighted by molar-refractivity contribution is 9.10. The molecule has 0 aliphatic heterocycles.